The van der Waals surface area contributed by atoms with Crippen molar-refractivity contribution in [1.29, 1.82) is 0 Å². The van der Waals surface area contributed by atoms with Crippen molar-refractivity contribution in [2.24, 2.45) is 5.92 Å². The first-order chi connectivity index (χ1) is 16.3. The SMILES string of the molecule is CCC(C)[C@H]1C(=O)N(Cc2cccc(Cl)c2)C[C@H]2N1C(=O)N(C)N2C(=O)NCc1ccccc1. The molecule has 9 heteroatoms. The molecule has 180 valence electrons. The predicted octanol–water partition coefficient (Wildman–Crippen LogP) is 3.92. The Morgan fingerprint density at radius 2 is 1.82 bits per heavy atom. The van der Waals surface area contributed by atoms with Crippen LogP contribution in [0.25, 0.3) is 0 Å². The van der Waals surface area contributed by atoms with Gasteiger partial charge in [-0.25, -0.2) is 19.6 Å². The summed E-state index contributed by atoms with van der Waals surface area (Å²) >= 11 is 6.15. The summed E-state index contributed by atoms with van der Waals surface area (Å²) in [5, 5.41) is 6.25. The summed E-state index contributed by atoms with van der Waals surface area (Å²) in [7, 11) is 1.57. The van der Waals surface area contributed by atoms with Crippen LogP contribution in [0.4, 0.5) is 9.59 Å². The van der Waals surface area contributed by atoms with Gasteiger partial charge in [0.15, 0.2) is 0 Å². The molecular formula is C25H30ClN5O3. The van der Waals surface area contributed by atoms with E-state index in [0.29, 0.717) is 18.1 Å². The molecule has 4 rings (SSSR count). The molecule has 5 amide bonds. The maximum Gasteiger partial charge on any atom is 0.341 e. The zero-order valence-electron chi connectivity index (χ0n) is 19.6. The lowest BCUT2D eigenvalue weighted by atomic mass is 9.93. The van der Waals surface area contributed by atoms with E-state index in [1.54, 1.807) is 22.9 Å². The summed E-state index contributed by atoms with van der Waals surface area (Å²) in [6.45, 7) is 4.87. The van der Waals surface area contributed by atoms with Gasteiger partial charge in [-0.05, 0) is 29.2 Å². The fourth-order valence-electron chi connectivity index (χ4n) is 4.63. The van der Waals surface area contributed by atoms with Crippen molar-refractivity contribution in [2.45, 2.75) is 45.6 Å². The molecule has 8 nitrogen and oxygen atoms in total. The van der Waals surface area contributed by atoms with Gasteiger partial charge in [0.1, 0.15) is 12.2 Å². The fourth-order valence-corrected chi connectivity index (χ4v) is 4.85. The first-order valence-electron chi connectivity index (χ1n) is 11.5. The Balaban J connectivity index is 1.61. The summed E-state index contributed by atoms with van der Waals surface area (Å²) < 4.78 is 0. The Bertz CT molecular complexity index is 1070. The highest BCUT2D eigenvalue weighted by atomic mass is 35.5. The summed E-state index contributed by atoms with van der Waals surface area (Å²) in [4.78, 5) is 43.4. The minimum Gasteiger partial charge on any atom is -0.333 e. The minimum atomic E-state index is -0.648. The van der Waals surface area contributed by atoms with E-state index in [1.807, 2.05) is 62.4 Å². The van der Waals surface area contributed by atoms with Crippen molar-refractivity contribution in [3.8, 4) is 0 Å². The molecule has 2 saturated heterocycles. The van der Waals surface area contributed by atoms with Crippen molar-refractivity contribution in [2.75, 3.05) is 13.6 Å². The molecule has 2 fully saturated rings. The van der Waals surface area contributed by atoms with Gasteiger partial charge in [0.2, 0.25) is 5.91 Å². The molecule has 3 atom stereocenters. The van der Waals surface area contributed by atoms with Gasteiger partial charge in [0.05, 0.1) is 6.54 Å². The number of benzene rings is 2. The van der Waals surface area contributed by atoms with Crippen molar-refractivity contribution >= 4 is 29.6 Å². The highest BCUT2D eigenvalue weighted by Gasteiger charge is 2.55. The summed E-state index contributed by atoms with van der Waals surface area (Å²) in [5.41, 5.74) is 1.86. The van der Waals surface area contributed by atoms with Crippen LogP contribution in [-0.4, -0.2) is 63.6 Å². The number of halogens is 1. The third-order valence-corrected chi connectivity index (χ3v) is 6.85. The Morgan fingerprint density at radius 3 is 2.50 bits per heavy atom. The normalized spacial score (nSPS) is 21.1. The maximum absolute atomic E-state index is 13.6. The van der Waals surface area contributed by atoms with Gasteiger partial charge < -0.3 is 10.2 Å². The zero-order valence-corrected chi connectivity index (χ0v) is 20.4. The molecule has 1 unspecified atom stereocenters. The van der Waals surface area contributed by atoms with Gasteiger partial charge in [0.25, 0.3) is 0 Å². The van der Waals surface area contributed by atoms with Crippen LogP contribution in [0.3, 0.4) is 0 Å². The lowest BCUT2D eigenvalue weighted by Crippen LogP contribution is -2.65. The Kier molecular flexibility index (Phi) is 6.97. The second kappa shape index (κ2) is 9.93. The number of fused-ring (bicyclic) bond motifs is 1. The van der Waals surface area contributed by atoms with E-state index >= 15 is 0 Å². The Labute approximate surface area is 205 Å². The molecule has 0 aromatic heterocycles. The van der Waals surface area contributed by atoms with Crippen LogP contribution in [0.2, 0.25) is 5.02 Å². The molecule has 34 heavy (non-hydrogen) atoms. The third kappa shape index (κ3) is 4.55. The van der Waals surface area contributed by atoms with Gasteiger partial charge in [-0.1, -0.05) is 74.3 Å². The van der Waals surface area contributed by atoms with E-state index < -0.39 is 12.2 Å². The number of hydrogen-bond acceptors (Lipinski definition) is 3. The number of carbonyl (C=O) groups excluding carboxylic acids is 3. The molecule has 0 saturated carbocycles. The standard InChI is InChI=1S/C25H30ClN5O3/c1-4-17(2)22-23(32)29(15-19-11-8-12-20(26)13-19)16-21-30(22)25(34)28(3)31(21)24(33)27-14-18-9-6-5-7-10-18/h5-13,17,21-22H,4,14-16H2,1-3H3,(H,27,33)/t17?,21-,22-/m0/s1. The number of piperazine rings is 1. The van der Waals surface area contributed by atoms with E-state index in [0.717, 1.165) is 17.5 Å². The monoisotopic (exact) mass is 483 g/mol. The van der Waals surface area contributed by atoms with Crippen LogP contribution in [0.5, 0.6) is 0 Å². The minimum absolute atomic E-state index is 0.0677. The van der Waals surface area contributed by atoms with Crippen molar-refractivity contribution in [1.82, 2.24) is 25.1 Å². The third-order valence-electron chi connectivity index (χ3n) is 6.61. The van der Waals surface area contributed by atoms with Crippen molar-refractivity contribution in [3.05, 3.63) is 70.7 Å². The molecular weight excluding hydrogens is 454 g/mol. The quantitative estimate of drug-likeness (QED) is 0.676. The molecule has 2 heterocycles. The predicted molar refractivity (Wildman–Crippen MR) is 129 cm³/mol. The highest BCUT2D eigenvalue weighted by Crippen LogP contribution is 2.33. The average Bonchev–Trinajstić information content (AvgIpc) is 3.08. The molecule has 2 aromatic carbocycles. The maximum atomic E-state index is 13.6. The summed E-state index contributed by atoms with van der Waals surface area (Å²) in [6, 6.07) is 15.6. The molecule has 2 aromatic rings. The smallest absolute Gasteiger partial charge is 0.333 e. The molecule has 1 N–H and O–H groups in total. The number of hydrazine groups is 1. The first-order valence-corrected chi connectivity index (χ1v) is 11.9. The highest BCUT2D eigenvalue weighted by molar-refractivity contribution is 6.30. The topological polar surface area (TPSA) is 76.2 Å². The molecule has 0 radical (unpaired) electrons. The molecule has 2 aliphatic rings. The number of hydrogen-bond donors (Lipinski definition) is 1. The number of urea groups is 2. The number of carbonyl (C=O) groups is 3. The van der Waals surface area contributed by atoms with Crippen LogP contribution in [-0.2, 0) is 17.9 Å². The van der Waals surface area contributed by atoms with Gasteiger partial charge in [-0.15, -0.1) is 0 Å². The Morgan fingerprint density at radius 1 is 1.12 bits per heavy atom. The summed E-state index contributed by atoms with van der Waals surface area (Å²) in [5.74, 6) is -0.180. The largest absolute Gasteiger partial charge is 0.341 e. The lowest BCUT2D eigenvalue weighted by molar-refractivity contribution is -0.148. The molecule has 0 aliphatic carbocycles. The second-order valence-electron chi connectivity index (χ2n) is 8.86. The average molecular weight is 484 g/mol. The number of nitrogens with zero attached hydrogens (tertiary/aromatic N) is 4. The Hall–Kier alpha value is -3.26. The van der Waals surface area contributed by atoms with Crippen molar-refractivity contribution in [3.63, 3.8) is 0 Å². The van der Waals surface area contributed by atoms with Gasteiger partial charge in [-0.2, -0.15) is 0 Å². The number of rotatable bonds is 6. The van der Waals surface area contributed by atoms with Crippen LogP contribution in [0.15, 0.2) is 54.6 Å². The lowest BCUT2D eigenvalue weighted by Gasteiger charge is -2.44. The van der Waals surface area contributed by atoms with Gasteiger partial charge in [-0.3, -0.25) is 9.69 Å². The van der Waals surface area contributed by atoms with E-state index in [2.05, 4.69) is 5.32 Å². The van der Waals surface area contributed by atoms with E-state index in [-0.39, 0.29) is 30.4 Å². The van der Waals surface area contributed by atoms with Crippen LogP contribution >= 0.6 is 11.6 Å². The van der Waals surface area contributed by atoms with Crippen LogP contribution in [0.1, 0.15) is 31.4 Å². The summed E-state index contributed by atoms with van der Waals surface area (Å²) in [6.07, 6.45) is 0.131. The first kappa shape index (κ1) is 23.9. The number of amides is 5. The van der Waals surface area contributed by atoms with E-state index in [4.69, 9.17) is 11.6 Å². The van der Waals surface area contributed by atoms with Crippen LogP contribution < -0.4 is 5.32 Å². The van der Waals surface area contributed by atoms with E-state index in [9.17, 15) is 14.4 Å². The zero-order chi connectivity index (χ0) is 24.4. The van der Waals surface area contributed by atoms with Gasteiger partial charge in [0, 0.05) is 25.2 Å². The van der Waals surface area contributed by atoms with Crippen LogP contribution in [0, 0.1) is 5.92 Å². The van der Waals surface area contributed by atoms with Crippen molar-refractivity contribution < 1.29 is 14.4 Å². The fraction of sp³-hybridized carbons (Fsp3) is 0.400. The molecule has 0 bridgehead atoms. The molecule has 0 spiro atoms. The molecule has 2 aliphatic heterocycles. The van der Waals surface area contributed by atoms with E-state index in [1.165, 1.54) is 10.0 Å². The second-order valence-corrected chi connectivity index (χ2v) is 9.30. The van der Waals surface area contributed by atoms with Gasteiger partial charge >= 0.3 is 12.1 Å². The number of nitrogens with one attached hydrogen (secondary N) is 1.